The second-order valence-electron chi connectivity index (χ2n) is 42.2. The van der Waals surface area contributed by atoms with Crippen molar-refractivity contribution in [3.63, 3.8) is 0 Å². The maximum Gasteiger partial charge on any atom is 0.163 e. The minimum atomic E-state index is -0.717. The fraction of sp³-hybridized carbons (Fsp3) is 0.316. The Bertz CT molecular complexity index is 8600. The number of nitrogens with zero attached hydrogens (tertiary/aromatic N) is 17. The number of likely N-dealkylation sites (tertiary alicyclic amines) is 1. The minimum Gasteiger partial charge on any atom is -0.360 e. The number of carbonyl (C=O) groups is 4. The number of carbonyl (C=O) groups excluding carboxylic acids is 4. The van der Waals surface area contributed by atoms with Gasteiger partial charge < -0.3 is 23.8 Å². The Morgan fingerprint density at radius 1 is 0.373 bits per heavy atom. The molecule has 21 rings (SSSR count). The zero-order valence-corrected chi connectivity index (χ0v) is 94.5. The lowest BCUT2D eigenvalue weighted by molar-refractivity contribution is -0.139. The van der Waals surface area contributed by atoms with Gasteiger partial charge in [-0.1, -0.05) is 94.9 Å². The molecule has 0 N–H and O–H groups in total. The van der Waals surface area contributed by atoms with Crippen molar-refractivity contribution in [2.24, 2.45) is 21.1 Å². The Kier molecular flexibility index (Phi) is 30.7. The summed E-state index contributed by atoms with van der Waals surface area (Å²) in [4.78, 5) is 92.5. The van der Waals surface area contributed by atoms with Gasteiger partial charge in [-0.25, -0.2) is 24.9 Å². The molecular formula is C117H117Cl4N17O8S4. The van der Waals surface area contributed by atoms with E-state index in [0.717, 1.165) is 242 Å². The van der Waals surface area contributed by atoms with Crippen molar-refractivity contribution < 1.29 is 38.1 Å². The highest BCUT2D eigenvalue weighted by atomic mass is 35.5. The molecule has 33 heteroatoms. The summed E-state index contributed by atoms with van der Waals surface area (Å²) in [5, 5.41) is 27.3. The Morgan fingerprint density at radius 3 is 1.15 bits per heavy atom. The highest BCUT2D eigenvalue weighted by Crippen LogP contribution is 2.52. The van der Waals surface area contributed by atoms with Crippen LogP contribution >= 0.6 is 91.8 Å². The van der Waals surface area contributed by atoms with Crippen LogP contribution in [0.1, 0.15) is 199 Å². The number of piperidine rings is 1. The number of ketones is 4. The molecule has 1 aliphatic heterocycles. The number of thiazole rings is 4. The van der Waals surface area contributed by atoms with Crippen LogP contribution in [0, 0.1) is 27.7 Å². The second kappa shape index (κ2) is 42.9. The molecule has 0 amide bonds. The van der Waals surface area contributed by atoms with Crippen LogP contribution in [0.15, 0.2) is 195 Å². The van der Waals surface area contributed by atoms with Gasteiger partial charge >= 0.3 is 0 Å². The Morgan fingerprint density at radius 2 is 0.747 bits per heavy atom. The highest BCUT2D eigenvalue weighted by molar-refractivity contribution is 7.23. The summed E-state index contributed by atoms with van der Waals surface area (Å²) in [6.45, 7) is 40.1. The van der Waals surface area contributed by atoms with Crippen LogP contribution in [-0.4, -0.2) is 150 Å². The number of hydrogen-bond acceptors (Lipinski definition) is 25. The molecule has 1 aliphatic rings. The van der Waals surface area contributed by atoms with Crippen LogP contribution in [0.25, 0.3) is 172 Å². The average Bonchev–Trinajstić information content (AvgIpc) is 1.64. The molecule has 0 spiro atoms. The van der Waals surface area contributed by atoms with Crippen LogP contribution in [0.2, 0.25) is 20.1 Å². The van der Waals surface area contributed by atoms with E-state index >= 15 is 0 Å². The Balaban J connectivity index is 0.000000131. The number of fused-ring (bicyclic) bond motifs is 8. The van der Waals surface area contributed by atoms with E-state index in [1.807, 2.05) is 306 Å². The van der Waals surface area contributed by atoms with Gasteiger partial charge in [-0.2, -0.15) is 20.4 Å². The lowest BCUT2D eigenvalue weighted by Gasteiger charge is -2.29. The van der Waals surface area contributed by atoms with Crippen LogP contribution in [-0.2, 0) is 59.3 Å². The fourth-order valence-electron chi connectivity index (χ4n) is 19.3. The van der Waals surface area contributed by atoms with Gasteiger partial charge in [0.05, 0.1) is 110 Å². The van der Waals surface area contributed by atoms with Crippen molar-refractivity contribution in [3.8, 4) is 87.3 Å². The van der Waals surface area contributed by atoms with Crippen molar-refractivity contribution in [3.05, 3.63) is 260 Å². The van der Waals surface area contributed by atoms with E-state index in [0.29, 0.717) is 26.1 Å². The third-order valence-corrected chi connectivity index (χ3v) is 31.2. The van der Waals surface area contributed by atoms with Crippen LogP contribution in [0.4, 0.5) is 0 Å². The van der Waals surface area contributed by atoms with Gasteiger partial charge in [0.1, 0.15) is 66.9 Å². The Hall–Kier alpha value is -12.6. The first kappa shape index (κ1) is 107. The van der Waals surface area contributed by atoms with E-state index in [1.165, 1.54) is 0 Å². The van der Waals surface area contributed by atoms with Gasteiger partial charge in [-0.05, 0) is 319 Å². The number of rotatable bonds is 21. The molecule has 0 saturated carbocycles. The van der Waals surface area contributed by atoms with E-state index in [2.05, 4.69) is 53.9 Å². The standard InChI is InChI=1S/C33H36ClN5O2S.3C28H27ClN4O2S/c1-19-17-25-31(29(21-7-9-22(34)10-8-21)28(19)30(20(2)40)41-33(3,4)5)42-32(37-25)24-11-12-27-26(36-24)18-35-39(27)23-13-15-38(6)16-14-23;1-15-11-20-26(36-27(31-20)21-12-18-14-33(6)32-22(18)13-30-21)24(17-7-9-19(29)10-8-17)23(15)25(16(2)34)35-28(3,4)5;1-15-13-20-26(36-27(31-20)24-19-14-30-12-11-21(19)33(6)32-24)23(17-7-9-18(29)10-8-17)22(15)25(16(2)34)35-28(3,4)5;1-15-13-21-26(36-27(31-21)24-19-14-30-12-11-20(19)32-33(24)6)23(17-7-9-18(29)10-8-17)22(15)25(16(2)34)35-28(3,4)5/h7-12,17-18,23,30H,13-16H2,1-6H3;3*7-14,25H,1-6H3/t30-;3*25-/m1111/s1. The predicted molar refractivity (Wildman–Crippen MR) is 611 cm³/mol. The first-order valence-corrected chi connectivity index (χ1v) is 54.2. The molecule has 0 unspecified atom stereocenters. The summed E-state index contributed by atoms with van der Waals surface area (Å²) < 4.78 is 36.9. The molecule has 150 heavy (non-hydrogen) atoms. The summed E-state index contributed by atoms with van der Waals surface area (Å²) >= 11 is 31.2. The van der Waals surface area contributed by atoms with Gasteiger partial charge in [0.2, 0.25) is 0 Å². The minimum absolute atomic E-state index is 0.0407. The first-order valence-electron chi connectivity index (χ1n) is 49.4. The fourth-order valence-corrected chi connectivity index (χ4v) is 24.4. The molecule has 13 heterocycles. The van der Waals surface area contributed by atoms with Gasteiger partial charge in [0.25, 0.3) is 0 Å². The van der Waals surface area contributed by atoms with E-state index < -0.39 is 46.8 Å². The topological polar surface area (TPSA) is 283 Å². The van der Waals surface area contributed by atoms with Crippen molar-refractivity contribution in [2.45, 2.75) is 204 Å². The highest BCUT2D eigenvalue weighted by Gasteiger charge is 2.38. The van der Waals surface area contributed by atoms with E-state index in [9.17, 15) is 19.2 Å². The van der Waals surface area contributed by atoms with E-state index in [-0.39, 0.29) is 23.1 Å². The molecular weight excluding hydrogens is 2040 g/mol. The summed E-state index contributed by atoms with van der Waals surface area (Å²) in [6, 6.07) is 49.4. The molecule has 0 aliphatic carbocycles. The summed E-state index contributed by atoms with van der Waals surface area (Å²) in [5.41, 5.74) is 24.2. The number of benzene rings is 8. The maximum atomic E-state index is 13.1. The number of aromatic nitrogens is 16. The summed E-state index contributed by atoms with van der Waals surface area (Å²) in [6.07, 6.45) is 12.1. The SMILES string of the molecule is CC(=O)[C@@H](OC(C)(C)C)c1c(C)cc2nc(-c3c4cnccc4nn3C)sc2c1-c1ccc(Cl)cc1.CC(=O)[C@@H](OC(C)(C)C)c1c(C)cc2nc(-c3cc4cn(C)nc4cn3)sc2c1-c1ccc(Cl)cc1.CC(=O)[C@@H](OC(C)(C)C)c1c(C)cc2nc(-c3ccc4c(cnn4C4CCN(C)CC4)n3)sc2c1-c1ccc(Cl)cc1.CC(=O)[C@@H](OC(C)(C)C)c1c(C)cc2nc(-c3nn(C)c4ccncc34)sc2c1-c1ccc(Cl)cc1. The van der Waals surface area contributed by atoms with Gasteiger partial charge in [-0.3, -0.25) is 52.9 Å². The molecule has 8 aromatic carbocycles. The van der Waals surface area contributed by atoms with Gasteiger partial charge in [-0.15, -0.1) is 45.3 Å². The normalized spacial score (nSPS) is 13.8. The smallest absolute Gasteiger partial charge is 0.163 e. The number of Topliss-reactive ketones (excluding diaryl/α,β-unsaturated/α-hetero) is 4. The number of halogens is 4. The molecule has 1 saturated heterocycles. The Labute approximate surface area is 906 Å². The zero-order chi connectivity index (χ0) is 107. The first-order chi connectivity index (χ1) is 71.0. The third kappa shape index (κ3) is 23.0. The number of pyridine rings is 4. The number of hydrogen-bond donors (Lipinski definition) is 0. The predicted octanol–water partition coefficient (Wildman–Crippen LogP) is 30.0. The second-order valence-corrected chi connectivity index (χ2v) is 47.9. The van der Waals surface area contributed by atoms with Crippen LogP contribution < -0.4 is 0 Å². The average molecular weight is 2160 g/mol. The van der Waals surface area contributed by atoms with Gasteiger partial charge in [0, 0.05) is 133 Å². The lowest BCUT2D eigenvalue weighted by Crippen LogP contribution is -2.31. The van der Waals surface area contributed by atoms with E-state index in [1.54, 1.807) is 96.3 Å². The zero-order valence-electron chi connectivity index (χ0n) is 88.2. The number of ether oxygens (including phenoxy) is 4. The molecule has 20 aromatic rings. The quantitative estimate of drug-likeness (QED) is 0.0646. The van der Waals surface area contributed by atoms with Crippen LogP contribution in [0.5, 0.6) is 0 Å². The molecule has 25 nitrogen and oxygen atoms in total. The van der Waals surface area contributed by atoms with E-state index in [4.69, 9.17) is 100 Å². The molecule has 770 valence electrons. The monoisotopic (exact) mass is 2160 g/mol. The van der Waals surface area contributed by atoms with Crippen molar-refractivity contribution in [2.75, 3.05) is 20.1 Å². The molecule has 12 aromatic heterocycles. The third-order valence-electron chi connectivity index (χ3n) is 25.8. The lowest BCUT2D eigenvalue weighted by atomic mass is 9.90. The molecule has 4 atom stereocenters. The van der Waals surface area contributed by atoms with Crippen molar-refractivity contribution in [1.82, 2.24) is 83.9 Å². The van der Waals surface area contributed by atoms with Crippen molar-refractivity contribution >= 4 is 199 Å². The summed E-state index contributed by atoms with van der Waals surface area (Å²) in [5.74, 6) is -0.178. The number of aryl methyl sites for hydroxylation is 7. The molecule has 1 fully saturated rings. The summed E-state index contributed by atoms with van der Waals surface area (Å²) in [7, 11) is 7.90. The maximum absolute atomic E-state index is 13.1. The molecule has 0 radical (unpaired) electrons. The van der Waals surface area contributed by atoms with Crippen molar-refractivity contribution in [1.29, 1.82) is 0 Å². The molecule has 0 bridgehead atoms. The van der Waals surface area contributed by atoms with Crippen LogP contribution in [0.3, 0.4) is 0 Å². The largest absolute Gasteiger partial charge is 0.360 e. The van der Waals surface area contributed by atoms with Gasteiger partial charge in [0.15, 0.2) is 23.1 Å².